The summed E-state index contributed by atoms with van der Waals surface area (Å²) in [6.07, 6.45) is 6.88. The Morgan fingerprint density at radius 1 is 1.00 bits per heavy atom. The fourth-order valence-corrected chi connectivity index (χ4v) is 3.07. The Morgan fingerprint density at radius 3 is 1.64 bits per heavy atom. The molecule has 0 aromatic rings. The topological polar surface area (TPSA) is 0 Å². The van der Waals surface area contributed by atoms with Crippen molar-refractivity contribution in [2.75, 3.05) is 4.43 Å². The molecule has 0 N–H and O–H groups in total. The van der Waals surface area contributed by atoms with Crippen LogP contribution < -0.4 is 0 Å². The van der Waals surface area contributed by atoms with Crippen LogP contribution in [0.2, 0.25) is 0 Å². The van der Waals surface area contributed by atoms with Gasteiger partial charge >= 0.3 is 0 Å². The minimum absolute atomic E-state index is 0.671. The van der Waals surface area contributed by atoms with Crippen molar-refractivity contribution in [1.82, 2.24) is 0 Å². The molecular formula is C10H21I. The van der Waals surface area contributed by atoms with Gasteiger partial charge in [-0.05, 0) is 24.7 Å². The smallest absolute Gasteiger partial charge is 0.00518 e. The van der Waals surface area contributed by atoms with E-state index in [4.69, 9.17) is 0 Å². The predicted octanol–water partition coefficient (Wildman–Crippen LogP) is 4.42. The van der Waals surface area contributed by atoms with E-state index in [9.17, 15) is 0 Å². The van der Waals surface area contributed by atoms with E-state index in [1.54, 1.807) is 0 Å². The molecule has 68 valence electrons. The maximum Gasteiger partial charge on any atom is 0.00518 e. The third-order valence-electron chi connectivity index (χ3n) is 2.59. The number of alkyl halides is 1. The maximum atomic E-state index is 2.55. The molecule has 1 heteroatoms. The summed E-state index contributed by atoms with van der Waals surface area (Å²) >= 11 is 2.55. The number of hydrogen-bond acceptors (Lipinski definition) is 0. The number of rotatable bonds is 6. The summed E-state index contributed by atoms with van der Waals surface area (Å²) in [7, 11) is 0. The molecule has 0 bridgehead atoms. The summed E-state index contributed by atoms with van der Waals surface area (Å²) in [6, 6.07) is 0. The molecule has 0 aromatic carbocycles. The van der Waals surface area contributed by atoms with E-state index in [0.29, 0.717) is 5.41 Å². The van der Waals surface area contributed by atoms with Crippen LogP contribution in [0.3, 0.4) is 0 Å². The van der Waals surface area contributed by atoms with Crippen molar-refractivity contribution < 1.29 is 0 Å². The van der Waals surface area contributed by atoms with Crippen molar-refractivity contribution in [2.45, 2.75) is 52.9 Å². The molecule has 11 heavy (non-hydrogen) atoms. The lowest BCUT2D eigenvalue weighted by Crippen LogP contribution is -2.21. The Kier molecular flexibility index (Phi) is 6.68. The van der Waals surface area contributed by atoms with Crippen molar-refractivity contribution in [1.29, 1.82) is 0 Å². The van der Waals surface area contributed by atoms with Gasteiger partial charge in [0, 0.05) is 4.43 Å². The van der Waals surface area contributed by atoms with Gasteiger partial charge < -0.3 is 0 Å². The Hall–Kier alpha value is 0.730. The van der Waals surface area contributed by atoms with Crippen LogP contribution in [0.25, 0.3) is 0 Å². The van der Waals surface area contributed by atoms with Gasteiger partial charge in [0.1, 0.15) is 0 Å². The first-order chi connectivity index (χ1) is 5.24. The van der Waals surface area contributed by atoms with Crippen LogP contribution in [-0.2, 0) is 0 Å². The second-order valence-electron chi connectivity index (χ2n) is 3.49. The molecule has 0 radical (unpaired) electrons. The molecule has 0 spiro atoms. The van der Waals surface area contributed by atoms with Crippen molar-refractivity contribution in [2.24, 2.45) is 5.41 Å². The monoisotopic (exact) mass is 268 g/mol. The molecule has 0 atom stereocenters. The molecule has 0 saturated heterocycles. The minimum Gasteiger partial charge on any atom is -0.0858 e. The van der Waals surface area contributed by atoms with E-state index < -0.39 is 0 Å². The van der Waals surface area contributed by atoms with Crippen molar-refractivity contribution in [3.63, 3.8) is 0 Å². The fraction of sp³-hybridized carbons (Fsp3) is 1.00. The first-order valence-corrected chi connectivity index (χ1v) is 6.33. The van der Waals surface area contributed by atoms with E-state index in [1.165, 1.54) is 36.5 Å². The summed E-state index contributed by atoms with van der Waals surface area (Å²) in [4.78, 5) is 0. The second kappa shape index (κ2) is 6.27. The number of hydrogen-bond donors (Lipinski definition) is 0. The second-order valence-corrected chi connectivity index (χ2v) is 4.25. The van der Waals surface area contributed by atoms with Crippen LogP contribution in [-0.4, -0.2) is 4.43 Å². The fourth-order valence-electron chi connectivity index (χ4n) is 1.77. The highest BCUT2D eigenvalue weighted by Crippen LogP contribution is 2.35. The standard InChI is InChI=1S/C10H21I/c1-4-7-10(6-3,9-11)8-5-2/h4-9H2,1-3H3. The molecular weight excluding hydrogens is 247 g/mol. The van der Waals surface area contributed by atoms with Gasteiger partial charge in [0.2, 0.25) is 0 Å². The van der Waals surface area contributed by atoms with Gasteiger partial charge in [-0.25, -0.2) is 0 Å². The average molecular weight is 268 g/mol. The molecule has 0 aliphatic carbocycles. The molecule has 0 saturated carbocycles. The van der Waals surface area contributed by atoms with E-state index in [2.05, 4.69) is 43.4 Å². The highest BCUT2D eigenvalue weighted by atomic mass is 127. The van der Waals surface area contributed by atoms with Gasteiger partial charge in [-0.1, -0.05) is 56.2 Å². The zero-order valence-electron chi connectivity index (χ0n) is 8.12. The molecule has 0 aliphatic rings. The Balaban J connectivity index is 3.96. The summed E-state index contributed by atoms with van der Waals surface area (Å²) in [5.41, 5.74) is 0.671. The Labute approximate surface area is 85.3 Å². The van der Waals surface area contributed by atoms with Gasteiger partial charge in [-0.15, -0.1) is 0 Å². The summed E-state index contributed by atoms with van der Waals surface area (Å²) < 4.78 is 1.34. The highest BCUT2D eigenvalue weighted by Gasteiger charge is 2.24. The molecule has 0 fully saturated rings. The average Bonchev–Trinajstić information content (AvgIpc) is 2.04. The van der Waals surface area contributed by atoms with Gasteiger partial charge in [-0.2, -0.15) is 0 Å². The molecule has 0 unspecified atom stereocenters. The lowest BCUT2D eigenvalue weighted by atomic mass is 9.79. The van der Waals surface area contributed by atoms with E-state index >= 15 is 0 Å². The first-order valence-electron chi connectivity index (χ1n) is 4.80. The first kappa shape index (κ1) is 11.7. The molecule has 0 aliphatic heterocycles. The van der Waals surface area contributed by atoms with Crippen LogP contribution in [0.1, 0.15) is 52.9 Å². The normalized spacial score (nSPS) is 12.0. The largest absolute Gasteiger partial charge is 0.0858 e. The van der Waals surface area contributed by atoms with Crippen molar-refractivity contribution in [3.8, 4) is 0 Å². The van der Waals surface area contributed by atoms with Crippen LogP contribution in [0.5, 0.6) is 0 Å². The van der Waals surface area contributed by atoms with Gasteiger partial charge in [0.05, 0.1) is 0 Å². The van der Waals surface area contributed by atoms with Gasteiger partial charge in [0.25, 0.3) is 0 Å². The highest BCUT2D eigenvalue weighted by molar-refractivity contribution is 14.1. The van der Waals surface area contributed by atoms with Gasteiger partial charge in [0.15, 0.2) is 0 Å². The van der Waals surface area contributed by atoms with Crippen LogP contribution in [0.4, 0.5) is 0 Å². The van der Waals surface area contributed by atoms with Crippen LogP contribution in [0.15, 0.2) is 0 Å². The SMILES string of the molecule is CCCC(CC)(CI)CCC. The zero-order valence-corrected chi connectivity index (χ0v) is 10.3. The van der Waals surface area contributed by atoms with E-state index in [1.807, 2.05) is 0 Å². The summed E-state index contributed by atoms with van der Waals surface area (Å²) in [6.45, 7) is 6.93. The van der Waals surface area contributed by atoms with E-state index in [-0.39, 0.29) is 0 Å². The molecule has 0 aromatic heterocycles. The Morgan fingerprint density at radius 2 is 1.45 bits per heavy atom. The van der Waals surface area contributed by atoms with Crippen LogP contribution >= 0.6 is 22.6 Å². The lowest BCUT2D eigenvalue weighted by Gasteiger charge is -2.30. The van der Waals surface area contributed by atoms with Crippen LogP contribution in [0, 0.1) is 5.41 Å². The quantitative estimate of drug-likeness (QED) is 0.494. The van der Waals surface area contributed by atoms with Gasteiger partial charge in [-0.3, -0.25) is 0 Å². The minimum atomic E-state index is 0.671. The lowest BCUT2D eigenvalue weighted by molar-refractivity contribution is 0.268. The maximum absolute atomic E-state index is 2.55. The predicted molar refractivity (Wildman–Crippen MR) is 61.4 cm³/mol. The third kappa shape index (κ3) is 3.77. The molecule has 0 amide bonds. The zero-order chi connectivity index (χ0) is 8.74. The molecule has 0 nitrogen and oxygen atoms in total. The van der Waals surface area contributed by atoms with Crippen molar-refractivity contribution >= 4 is 22.6 Å². The third-order valence-corrected chi connectivity index (χ3v) is 4.21. The molecule has 0 heterocycles. The summed E-state index contributed by atoms with van der Waals surface area (Å²) in [5.74, 6) is 0. The summed E-state index contributed by atoms with van der Waals surface area (Å²) in [5, 5.41) is 0. The Bertz CT molecular complexity index is 76.9. The number of halogens is 1. The van der Waals surface area contributed by atoms with Crippen molar-refractivity contribution in [3.05, 3.63) is 0 Å². The molecule has 0 rings (SSSR count). The van der Waals surface area contributed by atoms with E-state index in [0.717, 1.165) is 0 Å².